The van der Waals surface area contributed by atoms with Crippen LogP contribution in [0, 0.1) is 0 Å². The Hall–Kier alpha value is -1.38. The van der Waals surface area contributed by atoms with Crippen molar-refractivity contribution in [2.24, 2.45) is 0 Å². The Bertz CT molecular complexity index is 862. The van der Waals surface area contributed by atoms with Gasteiger partial charge in [-0.15, -0.1) is 10.2 Å². The van der Waals surface area contributed by atoms with E-state index in [4.69, 9.17) is 0 Å². The van der Waals surface area contributed by atoms with Crippen LogP contribution in [-0.2, 0) is 17.8 Å². The van der Waals surface area contributed by atoms with Gasteiger partial charge in [-0.3, -0.25) is 4.79 Å². The number of nitrogens with one attached hydrogen (secondary N) is 1. The maximum Gasteiger partial charge on any atom is 0.233 e. The van der Waals surface area contributed by atoms with Crippen molar-refractivity contribution in [2.75, 3.05) is 12.3 Å². The average Bonchev–Trinajstić information content (AvgIpc) is 3.20. The number of fused-ring (bicyclic) bond motifs is 3. The summed E-state index contributed by atoms with van der Waals surface area (Å²) in [4.78, 5) is 17.9. The van der Waals surface area contributed by atoms with Crippen molar-refractivity contribution >= 4 is 55.8 Å². The Morgan fingerprint density at radius 2 is 2.39 bits per heavy atom. The van der Waals surface area contributed by atoms with Crippen molar-refractivity contribution < 1.29 is 4.79 Å². The van der Waals surface area contributed by atoms with E-state index in [1.54, 1.807) is 5.51 Å². The Balaban J connectivity index is 1.52. The molecule has 23 heavy (non-hydrogen) atoms. The number of carbonyl (C=O) groups is 1. The number of aromatic nitrogens is 3. The lowest BCUT2D eigenvalue weighted by Gasteiger charge is -2.27. The topological polar surface area (TPSA) is 61.9 Å². The van der Waals surface area contributed by atoms with Crippen LogP contribution < -0.4 is 0 Å². The van der Waals surface area contributed by atoms with Crippen LogP contribution in [0.3, 0.4) is 0 Å². The van der Waals surface area contributed by atoms with E-state index in [-0.39, 0.29) is 5.91 Å². The van der Waals surface area contributed by atoms with Crippen LogP contribution in [0.25, 0.3) is 10.9 Å². The Labute approximate surface area is 149 Å². The fraction of sp³-hybridized carbons (Fsp3) is 0.267. The highest BCUT2D eigenvalue weighted by molar-refractivity contribution is 9.10. The fourth-order valence-corrected chi connectivity index (χ4v) is 4.71. The molecule has 0 atom stereocenters. The van der Waals surface area contributed by atoms with Crippen LogP contribution in [0.4, 0.5) is 0 Å². The normalized spacial score (nSPS) is 14.2. The van der Waals surface area contributed by atoms with E-state index in [0.717, 1.165) is 27.3 Å². The molecule has 0 spiro atoms. The van der Waals surface area contributed by atoms with Gasteiger partial charge in [0.05, 0.1) is 11.3 Å². The predicted molar refractivity (Wildman–Crippen MR) is 95.8 cm³/mol. The van der Waals surface area contributed by atoms with E-state index in [9.17, 15) is 4.79 Å². The van der Waals surface area contributed by atoms with Gasteiger partial charge in [0.15, 0.2) is 4.34 Å². The summed E-state index contributed by atoms with van der Waals surface area (Å²) in [6.07, 6.45) is 0.867. The number of carbonyl (C=O) groups excluding carboxylic acids is 1. The maximum atomic E-state index is 12.5. The van der Waals surface area contributed by atoms with E-state index >= 15 is 0 Å². The second-order valence-corrected chi connectivity index (χ2v) is 8.21. The second kappa shape index (κ2) is 6.26. The van der Waals surface area contributed by atoms with Gasteiger partial charge in [-0.05, 0) is 22.0 Å². The molecule has 0 bridgehead atoms. The molecule has 3 aromatic rings. The molecular formula is C15H13BrN4OS2. The molecule has 5 nitrogen and oxygen atoms in total. The van der Waals surface area contributed by atoms with Crippen molar-refractivity contribution in [1.29, 1.82) is 0 Å². The minimum atomic E-state index is 0.153. The van der Waals surface area contributed by atoms with Gasteiger partial charge in [-0.1, -0.05) is 35.2 Å². The Morgan fingerprint density at radius 3 is 3.22 bits per heavy atom. The van der Waals surface area contributed by atoms with E-state index in [0.29, 0.717) is 12.3 Å². The Kier molecular flexibility index (Phi) is 4.13. The minimum Gasteiger partial charge on any atom is -0.357 e. The number of aromatic amines is 1. The van der Waals surface area contributed by atoms with Gasteiger partial charge in [-0.2, -0.15) is 0 Å². The monoisotopic (exact) mass is 408 g/mol. The van der Waals surface area contributed by atoms with Crippen LogP contribution in [0.5, 0.6) is 0 Å². The molecule has 8 heteroatoms. The molecule has 1 N–H and O–H groups in total. The summed E-state index contributed by atoms with van der Waals surface area (Å²) in [6, 6.07) is 6.18. The van der Waals surface area contributed by atoms with Gasteiger partial charge in [0, 0.05) is 40.6 Å². The van der Waals surface area contributed by atoms with Crippen LogP contribution in [-0.4, -0.2) is 38.3 Å². The first kappa shape index (κ1) is 15.2. The molecule has 0 saturated heterocycles. The van der Waals surface area contributed by atoms with Crippen LogP contribution >= 0.6 is 39.0 Å². The predicted octanol–water partition coefficient (Wildman–Crippen LogP) is 3.46. The third-order valence-electron chi connectivity index (χ3n) is 3.97. The van der Waals surface area contributed by atoms with Gasteiger partial charge < -0.3 is 9.88 Å². The number of nitrogens with zero attached hydrogens (tertiary/aromatic N) is 3. The van der Waals surface area contributed by atoms with E-state index in [1.165, 1.54) is 39.7 Å². The highest BCUT2D eigenvalue weighted by Crippen LogP contribution is 2.32. The van der Waals surface area contributed by atoms with Gasteiger partial charge in [0.1, 0.15) is 5.51 Å². The van der Waals surface area contributed by atoms with Gasteiger partial charge in [0.25, 0.3) is 0 Å². The molecule has 1 amide bonds. The third-order valence-corrected chi connectivity index (χ3v) is 6.48. The molecule has 2 aromatic heterocycles. The Morgan fingerprint density at radius 1 is 1.48 bits per heavy atom. The van der Waals surface area contributed by atoms with Gasteiger partial charge in [-0.25, -0.2) is 0 Å². The molecule has 3 heterocycles. The molecule has 0 saturated carbocycles. The lowest BCUT2D eigenvalue weighted by molar-refractivity contribution is -0.129. The highest BCUT2D eigenvalue weighted by Gasteiger charge is 2.24. The molecule has 0 radical (unpaired) electrons. The summed E-state index contributed by atoms with van der Waals surface area (Å²) in [5.74, 6) is 0.566. The summed E-state index contributed by atoms with van der Waals surface area (Å²) in [6.45, 7) is 1.42. The fourth-order valence-electron chi connectivity index (χ4n) is 2.86. The summed E-state index contributed by atoms with van der Waals surface area (Å²) >= 11 is 6.51. The SMILES string of the molecule is O=C(CSc1nncs1)N1CCc2[nH]c3c(Br)cccc3c2C1. The number of benzene rings is 1. The maximum absolute atomic E-state index is 12.5. The van der Waals surface area contributed by atoms with Crippen LogP contribution in [0.15, 0.2) is 32.5 Å². The number of amides is 1. The number of H-pyrrole nitrogens is 1. The number of thioether (sulfide) groups is 1. The zero-order valence-corrected chi connectivity index (χ0v) is 15.3. The number of para-hydroxylation sites is 1. The third kappa shape index (κ3) is 2.90. The van der Waals surface area contributed by atoms with Crippen molar-refractivity contribution in [2.45, 2.75) is 17.3 Å². The first-order valence-electron chi connectivity index (χ1n) is 7.17. The number of hydrogen-bond donors (Lipinski definition) is 1. The summed E-state index contributed by atoms with van der Waals surface area (Å²) in [5.41, 5.74) is 5.29. The average molecular weight is 409 g/mol. The van der Waals surface area contributed by atoms with Crippen LogP contribution in [0.1, 0.15) is 11.3 Å². The van der Waals surface area contributed by atoms with Crippen molar-refractivity contribution in [1.82, 2.24) is 20.1 Å². The molecule has 0 fully saturated rings. The van der Waals surface area contributed by atoms with Crippen molar-refractivity contribution in [3.63, 3.8) is 0 Å². The molecule has 1 aromatic carbocycles. The van der Waals surface area contributed by atoms with Crippen molar-refractivity contribution in [3.8, 4) is 0 Å². The van der Waals surface area contributed by atoms with Gasteiger partial charge in [0.2, 0.25) is 5.91 Å². The van der Waals surface area contributed by atoms with Crippen molar-refractivity contribution in [3.05, 3.63) is 39.4 Å². The highest BCUT2D eigenvalue weighted by atomic mass is 79.9. The standard InChI is InChI=1S/C15H13BrN4OS2/c16-11-3-1-2-9-10-6-20(5-4-12(10)18-14(9)11)13(21)7-22-15-19-17-8-23-15/h1-3,8,18H,4-7H2. The van der Waals surface area contributed by atoms with Gasteiger partial charge >= 0.3 is 0 Å². The molecule has 0 unspecified atom stereocenters. The smallest absolute Gasteiger partial charge is 0.233 e. The van der Waals surface area contributed by atoms with E-state index in [2.05, 4.69) is 37.2 Å². The number of hydrogen-bond acceptors (Lipinski definition) is 5. The van der Waals surface area contributed by atoms with E-state index in [1.807, 2.05) is 17.0 Å². The molecule has 0 aliphatic carbocycles. The molecule has 1 aliphatic heterocycles. The number of rotatable bonds is 3. The summed E-state index contributed by atoms with van der Waals surface area (Å²) in [5, 5.41) is 8.95. The van der Waals surface area contributed by atoms with E-state index < -0.39 is 0 Å². The number of halogens is 1. The quantitative estimate of drug-likeness (QED) is 0.673. The molecular weight excluding hydrogens is 396 g/mol. The lowest BCUT2D eigenvalue weighted by atomic mass is 10.0. The zero-order chi connectivity index (χ0) is 15.8. The summed E-state index contributed by atoms with van der Waals surface area (Å²) < 4.78 is 1.90. The largest absolute Gasteiger partial charge is 0.357 e. The zero-order valence-electron chi connectivity index (χ0n) is 12.1. The first-order chi connectivity index (χ1) is 11.2. The summed E-state index contributed by atoms with van der Waals surface area (Å²) in [7, 11) is 0. The van der Waals surface area contributed by atoms with Crippen LogP contribution in [0.2, 0.25) is 0 Å². The minimum absolute atomic E-state index is 0.153. The molecule has 4 rings (SSSR count). The lowest BCUT2D eigenvalue weighted by Crippen LogP contribution is -2.36. The molecule has 1 aliphatic rings. The first-order valence-corrected chi connectivity index (χ1v) is 9.83. The molecule has 118 valence electrons. The second-order valence-electron chi connectivity index (χ2n) is 5.30.